The Morgan fingerprint density at radius 2 is 1.96 bits per heavy atom. The maximum Gasteiger partial charge on any atom is 0.254 e. The summed E-state index contributed by atoms with van der Waals surface area (Å²) >= 11 is 0. The van der Waals surface area contributed by atoms with E-state index in [1.54, 1.807) is 6.26 Å². The third-order valence-electron chi connectivity index (χ3n) is 5.59. The first-order valence-corrected chi connectivity index (χ1v) is 10.6. The van der Waals surface area contributed by atoms with Gasteiger partial charge in [-0.2, -0.15) is 0 Å². The van der Waals surface area contributed by atoms with E-state index >= 15 is 0 Å². The van der Waals surface area contributed by atoms with Crippen LogP contribution in [0.5, 0.6) is 0 Å². The Balaban J connectivity index is 1.62. The Morgan fingerprint density at radius 3 is 2.68 bits per heavy atom. The SMILES string of the molecule is CS(=O)Cc1cccc(C(=O)N2Cc3ccccc3C3(CCC3)C2)c1. The van der Waals surface area contributed by atoms with Crippen LogP contribution in [0.4, 0.5) is 0 Å². The van der Waals surface area contributed by atoms with Crippen LogP contribution in [-0.4, -0.2) is 27.8 Å². The van der Waals surface area contributed by atoms with Crippen molar-refractivity contribution in [3.8, 4) is 0 Å². The number of benzene rings is 2. The molecule has 1 aliphatic carbocycles. The van der Waals surface area contributed by atoms with Gasteiger partial charge in [0.2, 0.25) is 0 Å². The lowest BCUT2D eigenvalue weighted by Crippen LogP contribution is -2.51. The van der Waals surface area contributed by atoms with E-state index in [1.165, 1.54) is 30.4 Å². The second kappa shape index (κ2) is 6.41. The molecule has 2 aromatic carbocycles. The Labute approximate surface area is 151 Å². The molecule has 1 unspecified atom stereocenters. The highest BCUT2D eigenvalue weighted by atomic mass is 32.2. The van der Waals surface area contributed by atoms with Gasteiger partial charge in [-0.1, -0.05) is 42.8 Å². The van der Waals surface area contributed by atoms with E-state index in [1.807, 2.05) is 29.2 Å². The minimum atomic E-state index is -0.902. The molecule has 4 heteroatoms. The van der Waals surface area contributed by atoms with Gasteiger partial charge in [0.1, 0.15) is 0 Å². The molecule has 130 valence electrons. The average molecular weight is 353 g/mol. The molecule has 1 saturated carbocycles. The van der Waals surface area contributed by atoms with Crippen molar-refractivity contribution < 1.29 is 9.00 Å². The summed E-state index contributed by atoms with van der Waals surface area (Å²) in [5.74, 6) is 0.581. The molecule has 1 amide bonds. The maximum absolute atomic E-state index is 13.1. The van der Waals surface area contributed by atoms with Crippen LogP contribution in [-0.2, 0) is 28.5 Å². The Kier molecular flexibility index (Phi) is 4.24. The zero-order chi connectivity index (χ0) is 17.4. The van der Waals surface area contributed by atoms with Gasteiger partial charge >= 0.3 is 0 Å². The van der Waals surface area contributed by atoms with Gasteiger partial charge in [0, 0.05) is 46.9 Å². The molecule has 1 fully saturated rings. The number of nitrogens with zero attached hydrogens (tertiary/aromatic N) is 1. The lowest BCUT2D eigenvalue weighted by Gasteiger charge is -2.50. The second-order valence-electron chi connectivity index (χ2n) is 7.37. The highest BCUT2D eigenvalue weighted by Gasteiger charge is 2.45. The molecular weight excluding hydrogens is 330 g/mol. The summed E-state index contributed by atoms with van der Waals surface area (Å²) in [5.41, 5.74) is 4.56. The normalized spacial score (nSPS) is 19.2. The number of hydrogen-bond acceptors (Lipinski definition) is 2. The van der Waals surface area contributed by atoms with Gasteiger partial charge in [-0.3, -0.25) is 9.00 Å². The summed E-state index contributed by atoms with van der Waals surface area (Å²) in [6.45, 7) is 1.49. The number of rotatable bonds is 3. The fraction of sp³-hybridized carbons (Fsp3) is 0.381. The van der Waals surface area contributed by atoms with Gasteiger partial charge < -0.3 is 4.90 Å². The second-order valence-corrected chi connectivity index (χ2v) is 8.81. The maximum atomic E-state index is 13.1. The zero-order valence-electron chi connectivity index (χ0n) is 14.5. The molecule has 0 bridgehead atoms. The first-order valence-electron chi connectivity index (χ1n) is 8.84. The predicted molar refractivity (Wildman–Crippen MR) is 101 cm³/mol. The van der Waals surface area contributed by atoms with E-state index in [2.05, 4.69) is 24.3 Å². The summed E-state index contributed by atoms with van der Waals surface area (Å²) in [6.07, 6.45) is 5.27. The summed E-state index contributed by atoms with van der Waals surface area (Å²) in [5, 5.41) is 0. The molecule has 2 aromatic rings. The van der Waals surface area contributed by atoms with Crippen LogP contribution in [0.15, 0.2) is 48.5 Å². The first-order chi connectivity index (χ1) is 12.1. The largest absolute Gasteiger partial charge is 0.333 e. The zero-order valence-corrected chi connectivity index (χ0v) is 15.3. The fourth-order valence-electron chi connectivity index (χ4n) is 4.27. The van der Waals surface area contributed by atoms with E-state index in [9.17, 15) is 9.00 Å². The van der Waals surface area contributed by atoms with E-state index in [0.717, 1.165) is 12.1 Å². The van der Waals surface area contributed by atoms with E-state index < -0.39 is 10.8 Å². The topological polar surface area (TPSA) is 37.4 Å². The van der Waals surface area contributed by atoms with E-state index in [-0.39, 0.29) is 11.3 Å². The number of fused-ring (bicyclic) bond motifs is 2. The van der Waals surface area contributed by atoms with Gasteiger partial charge in [0.05, 0.1) is 0 Å². The summed E-state index contributed by atoms with van der Waals surface area (Å²) in [4.78, 5) is 15.1. The minimum Gasteiger partial charge on any atom is -0.333 e. The van der Waals surface area contributed by atoms with Crippen molar-refractivity contribution in [2.75, 3.05) is 12.8 Å². The first kappa shape index (κ1) is 16.5. The van der Waals surface area contributed by atoms with Gasteiger partial charge in [-0.15, -0.1) is 0 Å². The Hall–Kier alpha value is -1.94. The van der Waals surface area contributed by atoms with Crippen molar-refractivity contribution in [2.24, 2.45) is 0 Å². The van der Waals surface area contributed by atoms with Crippen LogP contribution in [0.25, 0.3) is 0 Å². The van der Waals surface area contributed by atoms with Crippen LogP contribution < -0.4 is 0 Å². The molecule has 0 aromatic heterocycles. The van der Waals surface area contributed by atoms with Crippen molar-refractivity contribution in [1.29, 1.82) is 0 Å². The average Bonchev–Trinajstić information content (AvgIpc) is 2.58. The van der Waals surface area contributed by atoms with Crippen LogP contribution in [0.3, 0.4) is 0 Å². The van der Waals surface area contributed by atoms with Gasteiger partial charge in [0.25, 0.3) is 5.91 Å². The fourth-order valence-corrected chi connectivity index (χ4v) is 4.92. The highest BCUT2D eigenvalue weighted by molar-refractivity contribution is 7.83. The molecule has 2 aliphatic rings. The van der Waals surface area contributed by atoms with Crippen molar-refractivity contribution >= 4 is 16.7 Å². The quantitative estimate of drug-likeness (QED) is 0.845. The molecule has 25 heavy (non-hydrogen) atoms. The van der Waals surface area contributed by atoms with Crippen LogP contribution in [0.2, 0.25) is 0 Å². The molecule has 0 saturated heterocycles. The number of hydrogen-bond donors (Lipinski definition) is 0. The minimum absolute atomic E-state index is 0.0875. The molecule has 3 nitrogen and oxygen atoms in total. The number of carbonyl (C=O) groups is 1. The molecule has 1 spiro atoms. The van der Waals surface area contributed by atoms with Gasteiger partial charge in [-0.25, -0.2) is 0 Å². The molecule has 0 N–H and O–H groups in total. The predicted octanol–water partition coefficient (Wildman–Crippen LogP) is 3.64. The molecule has 1 atom stereocenters. The van der Waals surface area contributed by atoms with Gasteiger partial charge in [-0.05, 0) is 41.7 Å². The third-order valence-corrected chi connectivity index (χ3v) is 6.33. The van der Waals surface area contributed by atoms with Gasteiger partial charge in [0.15, 0.2) is 0 Å². The van der Waals surface area contributed by atoms with Crippen LogP contribution >= 0.6 is 0 Å². The van der Waals surface area contributed by atoms with Crippen molar-refractivity contribution in [3.05, 3.63) is 70.8 Å². The van der Waals surface area contributed by atoms with E-state index in [4.69, 9.17) is 0 Å². The lowest BCUT2D eigenvalue weighted by molar-refractivity contribution is 0.0587. The van der Waals surface area contributed by atoms with Crippen molar-refractivity contribution in [2.45, 2.75) is 37.0 Å². The highest BCUT2D eigenvalue weighted by Crippen LogP contribution is 2.48. The lowest BCUT2D eigenvalue weighted by atomic mass is 9.61. The summed E-state index contributed by atoms with van der Waals surface area (Å²) in [6, 6.07) is 16.2. The Bertz CT molecular complexity index is 841. The molecular formula is C21H23NO2S. The van der Waals surface area contributed by atoms with E-state index in [0.29, 0.717) is 17.9 Å². The van der Waals surface area contributed by atoms with Crippen molar-refractivity contribution in [1.82, 2.24) is 4.90 Å². The smallest absolute Gasteiger partial charge is 0.254 e. The monoisotopic (exact) mass is 353 g/mol. The number of carbonyl (C=O) groups excluding carboxylic acids is 1. The van der Waals surface area contributed by atoms with Crippen LogP contribution in [0.1, 0.15) is 46.3 Å². The summed E-state index contributed by atoms with van der Waals surface area (Å²) in [7, 11) is -0.902. The molecule has 1 heterocycles. The van der Waals surface area contributed by atoms with Crippen molar-refractivity contribution in [3.63, 3.8) is 0 Å². The van der Waals surface area contributed by atoms with Crippen LogP contribution in [0, 0.1) is 0 Å². The third kappa shape index (κ3) is 3.04. The molecule has 1 aliphatic heterocycles. The molecule has 4 rings (SSSR count). The Morgan fingerprint density at radius 1 is 1.16 bits per heavy atom. The number of amides is 1. The standard InChI is InChI=1S/C21H23NO2S/c1-25(24)14-16-6-4-8-17(12-16)20(23)22-13-18-7-2-3-9-19(18)21(15-22)10-5-11-21/h2-4,6-9,12H,5,10-11,13-15H2,1H3. The summed E-state index contributed by atoms with van der Waals surface area (Å²) < 4.78 is 11.5. The molecule has 0 radical (unpaired) electrons.